The van der Waals surface area contributed by atoms with Gasteiger partial charge in [0.2, 0.25) is 0 Å². The number of aliphatic hydroxyl groups excluding tert-OH is 1. The van der Waals surface area contributed by atoms with E-state index >= 15 is 0 Å². The van der Waals surface area contributed by atoms with E-state index in [4.69, 9.17) is 0 Å². The molecule has 24 heavy (non-hydrogen) atoms. The molecule has 0 saturated heterocycles. The predicted octanol–water partition coefficient (Wildman–Crippen LogP) is 2.52. The highest BCUT2D eigenvalue weighted by atomic mass is 32.1. The lowest BCUT2D eigenvalue weighted by Crippen LogP contribution is -2.31. The second-order valence-electron chi connectivity index (χ2n) is 5.28. The molecule has 1 amide bonds. The van der Waals surface area contributed by atoms with Crippen molar-refractivity contribution in [2.24, 2.45) is 7.05 Å². The average molecular weight is 360 g/mol. The molecule has 0 bridgehead atoms. The summed E-state index contributed by atoms with van der Waals surface area (Å²) >= 11 is 2.98. The molecule has 3 aromatic rings. The van der Waals surface area contributed by atoms with Crippen molar-refractivity contribution in [1.29, 1.82) is 0 Å². The SMILES string of the molecule is Cn1cccc(C(=O)NCc2ccc(C(O)c3ccsc3)s2)c1=O. The Morgan fingerprint density at radius 2 is 2.17 bits per heavy atom. The summed E-state index contributed by atoms with van der Waals surface area (Å²) in [6.45, 7) is 0.317. The summed E-state index contributed by atoms with van der Waals surface area (Å²) in [5, 5.41) is 16.9. The predicted molar refractivity (Wildman–Crippen MR) is 95.6 cm³/mol. The first-order valence-electron chi connectivity index (χ1n) is 7.29. The number of carbonyl (C=O) groups excluding carboxylic acids is 1. The van der Waals surface area contributed by atoms with Crippen molar-refractivity contribution in [1.82, 2.24) is 9.88 Å². The zero-order valence-corrected chi connectivity index (χ0v) is 14.6. The van der Waals surface area contributed by atoms with E-state index in [1.807, 2.05) is 29.0 Å². The standard InChI is InChI=1S/C17H16N2O3S2/c1-19-7-2-3-13(17(19)22)16(21)18-9-12-4-5-14(24-12)15(20)11-6-8-23-10-11/h2-8,10,15,20H,9H2,1H3,(H,18,21). The van der Waals surface area contributed by atoms with Crippen LogP contribution in [0.3, 0.4) is 0 Å². The Balaban J connectivity index is 1.66. The van der Waals surface area contributed by atoms with E-state index < -0.39 is 12.0 Å². The summed E-state index contributed by atoms with van der Waals surface area (Å²) in [6, 6.07) is 8.80. The van der Waals surface area contributed by atoms with Crippen molar-refractivity contribution < 1.29 is 9.90 Å². The van der Waals surface area contributed by atoms with Gasteiger partial charge in [0.1, 0.15) is 11.7 Å². The van der Waals surface area contributed by atoms with Gasteiger partial charge in [-0.2, -0.15) is 11.3 Å². The number of aliphatic hydroxyl groups is 1. The highest BCUT2D eigenvalue weighted by Gasteiger charge is 2.15. The van der Waals surface area contributed by atoms with Crippen LogP contribution in [-0.2, 0) is 13.6 Å². The Labute approximate surface area is 146 Å². The molecule has 1 atom stereocenters. The van der Waals surface area contributed by atoms with E-state index in [9.17, 15) is 14.7 Å². The van der Waals surface area contributed by atoms with Gasteiger partial charge >= 0.3 is 0 Å². The van der Waals surface area contributed by atoms with Crippen LogP contribution in [0.2, 0.25) is 0 Å². The Morgan fingerprint density at radius 1 is 1.33 bits per heavy atom. The minimum atomic E-state index is -0.646. The average Bonchev–Trinajstić information content (AvgIpc) is 3.26. The summed E-state index contributed by atoms with van der Waals surface area (Å²) < 4.78 is 1.37. The quantitative estimate of drug-likeness (QED) is 0.734. The fraction of sp³-hybridized carbons (Fsp3) is 0.176. The van der Waals surface area contributed by atoms with E-state index in [2.05, 4.69) is 5.32 Å². The molecule has 3 aromatic heterocycles. The van der Waals surface area contributed by atoms with Crippen molar-refractivity contribution in [2.75, 3.05) is 0 Å². The van der Waals surface area contributed by atoms with Gasteiger partial charge in [-0.1, -0.05) is 0 Å². The van der Waals surface area contributed by atoms with E-state index in [-0.39, 0.29) is 11.1 Å². The molecule has 3 rings (SSSR count). The molecule has 0 spiro atoms. The fourth-order valence-electron chi connectivity index (χ4n) is 2.26. The lowest BCUT2D eigenvalue weighted by Gasteiger charge is -2.06. The highest BCUT2D eigenvalue weighted by molar-refractivity contribution is 7.12. The number of thiophene rings is 2. The third kappa shape index (κ3) is 3.48. The van der Waals surface area contributed by atoms with Crippen LogP contribution in [0.25, 0.3) is 0 Å². The van der Waals surface area contributed by atoms with Gasteiger partial charge in [0, 0.05) is 23.0 Å². The number of nitrogens with zero attached hydrogens (tertiary/aromatic N) is 1. The number of hydrogen-bond acceptors (Lipinski definition) is 5. The smallest absolute Gasteiger partial charge is 0.263 e. The van der Waals surface area contributed by atoms with Gasteiger partial charge in [-0.15, -0.1) is 11.3 Å². The largest absolute Gasteiger partial charge is 0.383 e. The van der Waals surface area contributed by atoms with Gasteiger partial charge in [-0.25, -0.2) is 0 Å². The summed E-state index contributed by atoms with van der Waals surface area (Å²) in [5.74, 6) is -0.399. The number of carbonyl (C=O) groups is 1. The molecule has 124 valence electrons. The van der Waals surface area contributed by atoms with Gasteiger partial charge in [-0.05, 0) is 46.7 Å². The second-order valence-corrected chi connectivity index (χ2v) is 7.26. The first kappa shape index (κ1) is 16.6. The van der Waals surface area contributed by atoms with Crippen LogP contribution in [0.15, 0.2) is 52.1 Å². The van der Waals surface area contributed by atoms with Crippen LogP contribution in [0.5, 0.6) is 0 Å². The van der Waals surface area contributed by atoms with Crippen molar-refractivity contribution in [3.63, 3.8) is 0 Å². The normalized spacial score (nSPS) is 12.1. The molecule has 0 aliphatic heterocycles. The first-order chi connectivity index (χ1) is 11.6. The van der Waals surface area contributed by atoms with Crippen molar-refractivity contribution in [3.8, 4) is 0 Å². The van der Waals surface area contributed by atoms with Crippen LogP contribution in [0.4, 0.5) is 0 Å². The molecule has 3 heterocycles. The fourth-order valence-corrected chi connectivity index (χ4v) is 3.91. The Kier molecular flexibility index (Phi) is 4.94. The van der Waals surface area contributed by atoms with Crippen molar-refractivity contribution in [3.05, 3.63) is 78.5 Å². The number of hydrogen-bond donors (Lipinski definition) is 2. The number of amides is 1. The number of aryl methyl sites for hydroxylation is 1. The third-order valence-electron chi connectivity index (χ3n) is 3.60. The summed E-state index contributed by atoms with van der Waals surface area (Å²) in [5.41, 5.74) is 0.662. The van der Waals surface area contributed by atoms with Gasteiger partial charge in [0.05, 0.1) is 6.54 Å². The topological polar surface area (TPSA) is 71.3 Å². The molecular formula is C17H16N2O3S2. The molecule has 1 unspecified atom stereocenters. The van der Waals surface area contributed by atoms with Crippen LogP contribution in [-0.4, -0.2) is 15.6 Å². The molecule has 0 aromatic carbocycles. The van der Waals surface area contributed by atoms with Gasteiger partial charge in [0.15, 0.2) is 0 Å². The Bertz CT molecular complexity index is 897. The molecule has 2 N–H and O–H groups in total. The van der Waals surface area contributed by atoms with Crippen LogP contribution < -0.4 is 10.9 Å². The van der Waals surface area contributed by atoms with Crippen molar-refractivity contribution in [2.45, 2.75) is 12.6 Å². The lowest BCUT2D eigenvalue weighted by atomic mass is 10.2. The highest BCUT2D eigenvalue weighted by Crippen LogP contribution is 2.29. The van der Waals surface area contributed by atoms with Gasteiger partial charge in [0.25, 0.3) is 11.5 Å². The molecular weight excluding hydrogens is 344 g/mol. The molecule has 0 aliphatic carbocycles. The molecule has 0 saturated carbocycles. The van der Waals surface area contributed by atoms with Crippen LogP contribution in [0, 0.1) is 0 Å². The van der Waals surface area contributed by atoms with Crippen LogP contribution in [0.1, 0.15) is 31.8 Å². The summed E-state index contributed by atoms with van der Waals surface area (Å²) in [7, 11) is 1.61. The molecule has 0 fully saturated rings. The summed E-state index contributed by atoms with van der Waals surface area (Å²) in [6.07, 6.45) is 0.961. The maximum absolute atomic E-state index is 12.2. The third-order valence-corrected chi connectivity index (χ3v) is 5.44. The number of nitrogens with one attached hydrogen (secondary N) is 1. The monoisotopic (exact) mass is 360 g/mol. The maximum Gasteiger partial charge on any atom is 0.263 e. The van der Waals surface area contributed by atoms with E-state index in [1.54, 1.807) is 19.3 Å². The van der Waals surface area contributed by atoms with Gasteiger partial charge < -0.3 is 15.0 Å². The van der Waals surface area contributed by atoms with Crippen molar-refractivity contribution >= 4 is 28.6 Å². The van der Waals surface area contributed by atoms with Gasteiger partial charge in [-0.3, -0.25) is 9.59 Å². The zero-order chi connectivity index (χ0) is 17.1. The summed E-state index contributed by atoms with van der Waals surface area (Å²) in [4.78, 5) is 25.8. The zero-order valence-electron chi connectivity index (χ0n) is 12.9. The number of rotatable bonds is 5. The maximum atomic E-state index is 12.2. The molecule has 5 nitrogen and oxygen atoms in total. The lowest BCUT2D eigenvalue weighted by molar-refractivity contribution is 0.0949. The van der Waals surface area contributed by atoms with Crippen LogP contribution >= 0.6 is 22.7 Å². The molecule has 7 heteroatoms. The number of pyridine rings is 1. The first-order valence-corrected chi connectivity index (χ1v) is 9.05. The van der Waals surface area contributed by atoms with E-state index in [0.29, 0.717) is 6.54 Å². The van der Waals surface area contributed by atoms with E-state index in [0.717, 1.165) is 15.3 Å². The Hall–Kier alpha value is -2.22. The second kappa shape index (κ2) is 7.12. The number of aromatic nitrogens is 1. The molecule has 0 radical (unpaired) electrons. The minimum absolute atomic E-state index is 0.120. The molecule has 0 aliphatic rings. The minimum Gasteiger partial charge on any atom is -0.383 e. The van der Waals surface area contributed by atoms with E-state index in [1.165, 1.54) is 33.3 Å². The Morgan fingerprint density at radius 3 is 2.92 bits per heavy atom.